The molecule has 0 bridgehead atoms. The van der Waals surface area contributed by atoms with Crippen molar-refractivity contribution in [3.05, 3.63) is 24.3 Å². The van der Waals surface area contributed by atoms with Crippen molar-refractivity contribution < 1.29 is 0 Å². The Bertz CT molecular complexity index is 596. The van der Waals surface area contributed by atoms with Gasteiger partial charge in [0.05, 0.1) is 5.52 Å². The van der Waals surface area contributed by atoms with Crippen LogP contribution in [0.1, 0.15) is 39.0 Å². The van der Waals surface area contributed by atoms with Crippen LogP contribution in [0, 0.1) is 5.92 Å². The summed E-state index contributed by atoms with van der Waals surface area (Å²) in [6.45, 7) is 2.27. The number of fused-ring (bicyclic) bond motifs is 1. The molecule has 1 aromatic heterocycles. The molecule has 0 amide bonds. The summed E-state index contributed by atoms with van der Waals surface area (Å²) in [5, 5.41) is 4.69. The number of nitrogens with two attached hydrogens (primary N) is 1. The van der Waals surface area contributed by atoms with Gasteiger partial charge in [-0.05, 0) is 30.9 Å². The Labute approximate surface area is 119 Å². The Balaban J connectivity index is 1.93. The average Bonchev–Trinajstić information content (AvgIpc) is 2.47. The van der Waals surface area contributed by atoms with E-state index in [0.717, 1.165) is 22.6 Å². The maximum absolute atomic E-state index is 5.83. The van der Waals surface area contributed by atoms with Crippen LogP contribution >= 0.6 is 0 Å². The summed E-state index contributed by atoms with van der Waals surface area (Å²) in [6, 6.07) is 8.54. The van der Waals surface area contributed by atoms with E-state index >= 15 is 0 Å². The average molecular weight is 270 g/mol. The van der Waals surface area contributed by atoms with Crippen LogP contribution in [0.2, 0.25) is 0 Å². The van der Waals surface area contributed by atoms with Gasteiger partial charge in [-0.25, -0.2) is 4.98 Å². The van der Waals surface area contributed by atoms with Crippen molar-refractivity contribution >= 4 is 22.7 Å². The molecule has 2 unspecified atom stereocenters. The number of para-hydroxylation sites is 1. The zero-order valence-electron chi connectivity index (χ0n) is 12.0. The van der Waals surface area contributed by atoms with Gasteiger partial charge in [-0.2, -0.15) is 4.98 Å². The van der Waals surface area contributed by atoms with Gasteiger partial charge in [0, 0.05) is 11.4 Å². The summed E-state index contributed by atoms with van der Waals surface area (Å²) in [5.41, 5.74) is 6.74. The molecule has 0 radical (unpaired) electrons. The molecule has 1 aliphatic rings. The van der Waals surface area contributed by atoms with Crippen LogP contribution in [0.15, 0.2) is 24.3 Å². The number of nitrogen functional groups attached to an aromatic ring is 1. The molecule has 0 spiro atoms. The van der Waals surface area contributed by atoms with Gasteiger partial charge in [0.15, 0.2) is 0 Å². The van der Waals surface area contributed by atoms with Crippen molar-refractivity contribution in [3.63, 3.8) is 0 Å². The fourth-order valence-electron chi connectivity index (χ4n) is 3.27. The smallest absolute Gasteiger partial charge is 0.222 e. The van der Waals surface area contributed by atoms with Crippen molar-refractivity contribution in [3.8, 4) is 0 Å². The van der Waals surface area contributed by atoms with E-state index in [1.165, 1.54) is 32.1 Å². The molecule has 4 nitrogen and oxygen atoms in total. The summed E-state index contributed by atoms with van der Waals surface area (Å²) < 4.78 is 0. The Morgan fingerprint density at radius 1 is 1.20 bits per heavy atom. The van der Waals surface area contributed by atoms with Gasteiger partial charge in [0.25, 0.3) is 0 Å². The Kier molecular flexibility index (Phi) is 3.72. The lowest BCUT2D eigenvalue weighted by Crippen LogP contribution is -2.32. The van der Waals surface area contributed by atoms with Gasteiger partial charge < -0.3 is 11.1 Å². The van der Waals surface area contributed by atoms with E-state index in [2.05, 4.69) is 28.3 Å². The first-order valence-corrected chi connectivity index (χ1v) is 7.56. The first kappa shape index (κ1) is 13.2. The van der Waals surface area contributed by atoms with Crippen molar-refractivity contribution in [2.24, 2.45) is 5.92 Å². The standard InChI is InChI=1S/C16H22N4/c1-2-11-7-3-5-9-13(11)18-15-12-8-4-6-10-14(12)19-16(17)20-15/h4,6,8,10-11,13H,2-3,5,7,9H2,1H3,(H3,17,18,19,20). The van der Waals surface area contributed by atoms with Gasteiger partial charge in [0.2, 0.25) is 5.95 Å². The molecule has 2 atom stereocenters. The maximum atomic E-state index is 5.83. The topological polar surface area (TPSA) is 63.8 Å². The minimum atomic E-state index is 0.343. The first-order valence-electron chi connectivity index (χ1n) is 7.56. The molecule has 1 aliphatic carbocycles. The molecule has 20 heavy (non-hydrogen) atoms. The lowest BCUT2D eigenvalue weighted by atomic mass is 9.83. The monoisotopic (exact) mass is 270 g/mol. The summed E-state index contributed by atoms with van der Waals surface area (Å²) in [4.78, 5) is 8.71. The van der Waals surface area contributed by atoms with E-state index in [0.29, 0.717) is 12.0 Å². The summed E-state index contributed by atoms with van der Waals surface area (Å²) in [7, 11) is 0. The van der Waals surface area contributed by atoms with E-state index in [-0.39, 0.29) is 0 Å². The molecule has 2 aromatic rings. The second kappa shape index (κ2) is 5.65. The number of rotatable bonds is 3. The largest absolute Gasteiger partial charge is 0.368 e. The predicted molar refractivity (Wildman–Crippen MR) is 83.6 cm³/mol. The molecular formula is C16H22N4. The fourth-order valence-corrected chi connectivity index (χ4v) is 3.27. The van der Waals surface area contributed by atoms with Gasteiger partial charge in [-0.3, -0.25) is 0 Å². The zero-order chi connectivity index (χ0) is 13.9. The molecule has 1 aromatic carbocycles. The molecular weight excluding hydrogens is 248 g/mol. The van der Waals surface area contributed by atoms with Crippen molar-refractivity contribution in [1.29, 1.82) is 0 Å². The van der Waals surface area contributed by atoms with Gasteiger partial charge in [-0.1, -0.05) is 38.3 Å². The highest BCUT2D eigenvalue weighted by Crippen LogP contribution is 2.31. The van der Waals surface area contributed by atoms with Crippen LogP contribution in [0.25, 0.3) is 10.9 Å². The summed E-state index contributed by atoms with van der Waals surface area (Å²) in [6.07, 6.45) is 6.40. The van der Waals surface area contributed by atoms with Crippen LogP contribution in [0.5, 0.6) is 0 Å². The Morgan fingerprint density at radius 3 is 2.85 bits per heavy atom. The summed E-state index contributed by atoms with van der Waals surface area (Å²) >= 11 is 0. The molecule has 1 fully saturated rings. The molecule has 1 heterocycles. The number of hydrogen-bond donors (Lipinski definition) is 2. The Morgan fingerprint density at radius 2 is 2.00 bits per heavy atom. The lowest BCUT2D eigenvalue weighted by Gasteiger charge is -2.32. The van der Waals surface area contributed by atoms with E-state index in [9.17, 15) is 0 Å². The van der Waals surface area contributed by atoms with Crippen molar-refractivity contribution in [2.75, 3.05) is 11.1 Å². The first-order chi connectivity index (χ1) is 9.78. The SMILES string of the molecule is CCC1CCCCC1Nc1nc(N)nc2ccccc12. The third-order valence-corrected chi connectivity index (χ3v) is 4.38. The zero-order valence-corrected chi connectivity index (χ0v) is 12.0. The van der Waals surface area contributed by atoms with E-state index < -0.39 is 0 Å². The molecule has 0 aliphatic heterocycles. The lowest BCUT2D eigenvalue weighted by molar-refractivity contribution is 0.317. The van der Waals surface area contributed by atoms with Gasteiger partial charge >= 0.3 is 0 Å². The number of anilines is 2. The third kappa shape index (κ3) is 2.55. The van der Waals surface area contributed by atoms with Crippen LogP contribution < -0.4 is 11.1 Å². The molecule has 3 N–H and O–H groups in total. The second-order valence-corrected chi connectivity index (χ2v) is 5.65. The quantitative estimate of drug-likeness (QED) is 0.894. The number of nitrogens with zero attached hydrogens (tertiary/aromatic N) is 2. The normalized spacial score (nSPS) is 22.9. The highest BCUT2D eigenvalue weighted by atomic mass is 15.1. The van der Waals surface area contributed by atoms with Crippen molar-refractivity contribution in [1.82, 2.24) is 9.97 Å². The molecule has 1 saturated carbocycles. The van der Waals surface area contributed by atoms with Crippen LogP contribution in [0.3, 0.4) is 0 Å². The number of benzene rings is 1. The molecule has 0 saturated heterocycles. The highest BCUT2D eigenvalue weighted by Gasteiger charge is 2.24. The van der Waals surface area contributed by atoms with Gasteiger partial charge in [-0.15, -0.1) is 0 Å². The highest BCUT2D eigenvalue weighted by molar-refractivity contribution is 5.89. The number of nitrogens with one attached hydrogen (secondary N) is 1. The predicted octanol–water partition coefficient (Wildman–Crippen LogP) is 3.59. The van der Waals surface area contributed by atoms with E-state index in [1.807, 2.05) is 18.2 Å². The van der Waals surface area contributed by atoms with E-state index in [1.54, 1.807) is 0 Å². The fraction of sp³-hybridized carbons (Fsp3) is 0.500. The number of hydrogen-bond acceptors (Lipinski definition) is 4. The molecule has 3 rings (SSSR count). The second-order valence-electron chi connectivity index (χ2n) is 5.65. The summed E-state index contributed by atoms with van der Waals surface area (Å²) in [5.74, 6) is 1.97. The Hall–Kier alpha value is -1.84. The van der Waals surface area contributed by atoms with Gasteiger partial charge in [0.1, 0.15) is 5.82 Å². The third-order valence-electron chi connectivity index (χ3n) is 4.38. The number of aromatic nitrogens is 2. The maximum Gasteiger partial charge on any atom is 0.222 e. The van der Waals surface area contributed by atoms with Crippen LogP contribution in [-0.4, -0.2) is 16.0 Å². The van der Waals surface area contributed by atoms with Crippen LogP contribution in [-0.2, 0) is 0 Å². The molecule has 106 valence electrons. The van der Waals surface area contributed by atoms with Crippen LogP contribution in [0.4, 0.5) is 11.8 Å². The van der Waals surface area contributed by atoms with Crippen molar-refractivity contribution in [2.45, 2.75) is 45.1 Å². The minimum absolute atomic E-state index is 0.343. The van der Waals surface area contributed by atoms with E-state index in [4.69, 9.17) is 5.73 Å². The minimum Gasteiger partial charge on any atom is -0.368 e. The molecule has 4 heteroatoms.